The molecule has 2 N–H and O–H groups in total. The van der Waals surface area contributed by atoms with E-state index in [-0.39, 0.29) is 31.4 Å². The number of halogens is 2. The van der Waals surface area contributed by atoms with Gasteiger partial charge < -0.3 is 19.9 Å². The molecule has 2 rings (SSSR count). The summed E-state index contributed by atoms with van der Waals surface area (Å²) in [4.78, 5) is 23.8. The van der Waals surface area contributed by atoms with E-state index in [0.29, 0.717) is 24.3 Å². The van der Waals surface area contributed by atoms with Crippen molar-refractivity contribution in [3.63, 3.8) is 0 Å². The Labute approximate surface area is 205 Å². The molecule has 0 saturated carbocycles. The molecule has 35 heavy (non-hydrogen) atoms. The Morgan fingerprint density at radius 3 is 2.37 bits per heavy atom. The van der Waals surface area contributed by atoms with Gasteiger partial charge in [0.1, 0.15) is 17.4 Å². The number of nitrogens with one attached hydrogen (secondary N) is 1. The van der Waals surface area contributed by atoms with Crippen molar-refractivity contribution in [3.8, 4) is 5.75 Å². The number of rotatable bonds is 16. The molecule has 2 atom stereocenters. The molecule has 0 fully saturated rings. The first kappa shape index (κ1) is 28.2. The van der Waals surface area contributed by atoms with E-state index in [0.717, 1.165) is 37.3 Å². The topological polar surface area (TPSA) is 84.9 Å². The van der Waals surface area contributed by atoms with Crippen LogP contribution in [0.25, 0.3) is 0 Å². The SMILES string of the molecule is CCCCCCC(Cc1ccc(F)cc1F)NC(=O)COc1ccc(C[C@H](OCC)C(=O)O)cc1. The Morgan fingerprint density at radius 1 is 1.00 bits per heavy atom. The number of carbonyl (C=O) groups is 2. The van der Waals surface area contributed by atoms with Crippen LogP contribution in [0.3, 0.4) is 0 Å². The van der Waals surface area contributed by atoms with Crippen LogP contribution in [-0.4, -0.2) is 42.3 Å². The van der Waals surface area contributed by atoms with Crippen LogP contribution < -0.4 is 10.1 Å². The number of hydrogen-bond acceptors (Lipinski definition) is 4. The van der Waals surface area contributed by atoms with Gasteiger partial charge in [-0.05, 0) is 49.1 Å². The molecular weight excluding hydrogens is 456 g/mol. The monoisotopic (exact) mass is 491 g/mol. The number of carboxylic acid groups (broad SMARTS) is 1. The maximum absolute atomic E-state index is 14.1. The number of benzene rings is 2. The van der Waals surface area contributed by atoms with Crippen LogP contribution >= 0.6 is 0 Å². The highest BCUT2D eigenvalue weighted by Gasteiger charge is 2.18. The minimum atomic E-state index is -1.02. The van der Waals surface area contributed by atoms with Crippen LogP contribution in [0.5, 0.6) is 5.75 Å². The third kappa shape index (κ3) is 10.4. The molecule has 0 aliphatic carbocycles. The van der Waals surface area contributed by atoms with Crippen LogP contribution in [0.2, 0.25) is 0 Å². The highest BCUT2D eigenvalue weighted by molar-refractivity contribution is 5.77. The Kier molecular flexibility index (Phi) is 12.2. The minimum absolute atomic E-state index is 0.215. The van der Waals surface area contributed by atoms with Crippen molar-refractivity contribution in [2.24, 2.45) is 0 Å². The third-order valence-corrected chi connectivity index (χ3v) is 5.61. The van der Waals surface area contributed by atoms with Crippen molar-refractivity contribution in [2.75, 3.05) is 13.2 Å². The minimum Gasteiger partial charge on any atom is -0.484 e. The lowest BCUT2D eigenvalue weighted by molar-refractivity contribution is -0.150. The fourth-order valence-electron chi connectivity index (χ4n) is 3.77. The van der Waals surface area contributed by atoms with Gasteiger partial charge in [-0.3, -0.25) is 4.79 Å². The fraction of sp³-hybridized carbons (Fsp3) is 0.481. The summed E-state index contributed by atoms with van der Waals surface area (Å²) in [5, 5.41) is 12.1. The zero-order valence-corrected chi connectivity index (χ0v) is 20.4. The molecule has 2 aromatic carbocycles. The molecule has 0 saturated heterocycles. The molecule has 0 bridgehead atoms. The van der Waals surface area contributed by atoms with Gasteiger partial charge in [0.2, 0.25) is 0 Å². The molecule has 0 heterocycles. The zero-order chi connectivity index (χ0) is 25.6. The summed E-state index contributed by atoms with van der Waals surface area (Å²) in [5.74, 6) is -2.14. The van der Waals surface area contributed by atoms with E-state index in [1.54, 1.807) is 31.2 Å². The molecule has 6 nitrogen and oxygen atoms in total. The van der Waals surface area contributed by atoms with Crippen LogP contribution in [0, 0.1) is 11.6 Å². The van der Waals surface area contributed by atoms with Gasteiger partial charge in [0.05, 0.1) is 0 Å². The lowest BCUT2D eigenvalue weighted by Gasteiger charge is -2.20. The molecular formula is C27H35F2NO5. The fourth-order valence-corrected chi connectivity index (χ4v) is 3.77. The Morgan fingerprint density at radius 2 is 1.74 bits per heavy atom. The summed E-state index contributed by atoms with van der Waals surface area (Å²) in [6.07, 6.45) is 4.33. The first-order valence-electron chi connectivity index (χ1n) is 12.1. The molecule has 0 spiro atoms. The van der Waals surface area contributed by atoms with E-state index in [9.17, 15) is 23.5 Å². The van der Waals surface area contributed by atoms with Gasteiger partial charge in [-0.2, -0.15) is 0 Å². The Bertz CT molecular complexity index is 936. The maximum atomic E-state index is 14.1. The second kappa shape index (κ2) is 15.1. The highest BCUT2D eigenvalue weighted by Crippen LogP contribution is 2.17. The number of hydrogen-bond donors (Lipinski definition) is 2. The summed E-state index contributed by atoms with van der Waals surface area (Å²) in [7, 11) is 0. The van der Waals surface area contributed by atoms with Gasteiger partial charge in [0.15, 0.2) is 12.7 Å². The van der Waals surface area contributed by atoms with E-state index >= 15 is 0 Å². The molecule has 1 amide bonds. The number of aliphatic carboxylic acids is 1. The van der Waals surface area contributed by atoms with Crippen molar-refractivity contribution in [2.45, 2.75) is 70.9 Å². The van der Waals surface area contributed by atoms with Crippen molar-refractivity contribution >= 4 is 11.9 Å². The van der Waals surface area contributed by atoms with Gasteiger partial charge >= 0.3 is 5.97 Å². The summed E-state index contributed by atoms with van der Waals surface area (Å²) < 4.78 is 38.2. The second-order valence-corrected chi connectivity index (χ2v) is 8.47. The van der Waals surface area contributed by atoms with Crippen molar-refractivity contribution in [1.29, 1.82) is 0 Å². The van der Waals surface area contributed by atoms with Gasteiger partial charge in [-0.25, -0.2) is 13.6 Å². The Hall–Kier alpha value is -3.00. The van der Waals surface area contributed by atoms with Crippen LogP contribution in [-0.2, 0) is 27.2 Å². The van der Waals surface area contributed by atoms with E-state index in [1.807, 2.05) is 0 Å². The number of carbonyl (C=O) groups excluding carboxylic acids is 1. The van der Waals surface area contributed by atoms with E-state index in [4.69, 9.17) is 9.47 Å². The standard InChI is InChI=1S/C27H35F2NO5/c1-3-5-6-7-8-22(16-20-11-12-21(28)17-24(20)29)30-26(31)18-35-23-13-9-19(10-14-23)15-25(27(32)33)34-4-2/h9-14,17,22,25H,3-8,15-16,18H2,1-2H3,(H,30,31)(H,32,33)/t22?,25-/m0/s1. The lowest BCUT2D eigenvalue weighted by atomic mass is 9.99. The number of carboxylic acids is 1. The summed E-state index contributed by atoms with van der Waals surface area (Å²) in [6.45, 7) is 3.94. The predicted molar refractivity (Wildman–Crippen MR) is 129 cm³/mol. The largest absolute Gasteiger partial charge is 0.484 e. The smallest absolute Gasteiger partial charge is 0.333 e. The molecule has 0 radical (unpaired) electrons. The Balaban J connectivity index is 1.91. The lowest BCUT2D eigenvalue weighted by Crippen LogP contribution is -2.39. The highest BCUT2D eigenvalue weighted by atomic mass is 19.1. The average Bonchev–Trinajstić information content (AvgIpc) is 2.82. The van der Waals surface area contributed by atoms with Crippen LogP contribution in [0.4, 0.5) is 8.78 Å². The molecule has 1 unspecified atom stereocenters. The summed E-state index contributed by atoms with van der Waals surface area (Å²) >= 11 is 0. The number of unbranched alkanes of at least 4 members (excludes halogenated alkanes) is 3. The third-order valence-electron chi connectivity index (χ3n) is 5.61. The summed E-state index contributed by atoms with van der Waals surface area (Å²) in [5.41, 5.74) is 1.13. The van der Waals surface area contributed by atoms with Crippen molar-refractivity contribution in [3.05, 3.63) is 65.2 Å². The number of ether oxygens (including phenoxy) is 2. The van der Waals surface area contributed by atoms with E-state index < -0.39 is 23.7 Å². The predicted octanol–water partition coefficient (Wildman–Crippen LogP) is 5.07. The van der Waals surface area contributed by atoms with E-state index in [2.05, 4.69) is 12.2 Å². The molecule has 8 heteroatoms. The van der Waals surface area contributed by atoms with Gasteiger partial charge in [-0.1, -0.05) is 50.8 Å². The zero-order valence-electron chi connectivity index (χ0n) is 20.4. The molecule has 0 aliphatic heterocycles. The second-order valence-electron chi connectivity index (χ2n) is 8.47. The van der Waals surface area contributed by atoms with Crippen LogP contribution in [0.15, 0.2) is 42.5 Å². The molecule has 2 aromatic rings. The molecule has 0 aromatic heterocycles. The molecule has 192 valence electrons. The normalized spacial score (nSPS) is 12.7. The van der Waals surface area contributed by atoms with Gasteiger partial charge in [0, 0.05) is 25.1 Å². The van der Waals surface area contributed by atoms with Crippen molar-refractivity contribution < 1.29 is 33.0 Å². The van der Waals surface area contributed by atoms with Crippen molar-refractivity contribution in [1.82, 2.24) is 5.32 Å². The van der Waals surface area contributed by atoms with Gasteiger partial charge in [-0.15, -0.1) is 0 Å². The first-order chi connectivity index (χ1) is 16.8. The van der Waals surface area contributed by atoms with Gasteiger partial charge in [0.25, 0.3) is 5.91 Å². The quantitative estimate of drug-likeness (QED) is 0.320. The van der Waals surface area contributed by atoms with Crippen LogP contribution in [0.1, 0.15) is 57.1 Å². The number of amides is 1. The maximum Gasteiger partial charge on any atom is 0.333 e. The summed E-state index contributed by atoms with van der Waals surface area (Å²) in [6, 6.07) is 9.99. The molecule has 0 aliphatic rings. The first-order valence-corrected chi connectivity index (χ1v) is 12.1. The average molecular weight is 492 g/mol. The van der Waals surface area contributed by atoms with E-state index in [1.165, 1.54) is 12.1 Å².